The average molecular weight is 465 g/mol. The van der Waals surface area contributed by atoms with Crippen LogP contribution in [0.5, 0.6) is 0 Å². The maximum absolute atomic E-state index is 12.1. The second kappa shape index (κ2) is 10.0. The van der Waals surface area contributed by atoms with E-state index in [2.05, 4.69) is 21.6 Å². The zero-order valence-electron chi connectivity index (χ0n) is 15.9. The summed E-state index contributed by atoms with van der Waals surface area (Å²) in [5.41, 5.74) is 1.69. The minimum absolute atomic E-state index is 0.136. The first-order chi connectivity index (χ1) is 14.4. The Morgan fingerprint density at radius 3 is 2.80 bits per heavy atom. The van der Waals surface area contributed by atoms with Crippen LogP contribution in [0.25, 0.3) is 4.96 Å². The van der Waals surface area contributed by atoms with Crippen molar-refractivity contribution in [3.63, 3.8) is 0 Å². The molecule has 2 N–H and O–H groups in total. The van der Waals surface area contributed by atoms with E-state index in [0.717, 1.165) is 0 Å². The maximum Gasteiger partial charge on any atom is 0.258 e. The molecule has 8 nitrogen and oxygen atoms in total. The van der Waals surface area contributed by atoms with Gasteiger partial charge in [0, 0.05) is 35.6 Å². The molecule has 1 aromatic carbocycles. The van der Waals surface area contributed by atoms with Crippen LogP contribution in [0.15, 0.2) is 59.4 Å². The third-order valence-electron chi connectivity index (χ3n) is 3.88. The molecule has 2 aromatic heterocycles. The Balaban J connectivity index is 1.48. The van der Waals surface area contributed by atoms with Crippen molar-refractivity contribution in [1.29, 1.82) is 0 Å². The number of thiazole rings is 1. The zero-order chi connectivity index (χ0) is 21.6. The molecule has 0 fully saturated rings. The molecular weight excluding hydrogens is 444 g/mol. The van der Waals surface area contributed by atoms with Crippen LogP contribution in [0, 0.1) is 0 Å². The van der Waals surface area contributed by atoms with E-state index in [4.69, 9.17) is 0 Å². The van der Waals surface area contributed by atoms with Crippen LogP contribution in [0.2, 0.25) is 0 Å². The Morgan fingerprint density at radius 2 is 2.07 bits per heavy atom. The number of carbonyl (C=O) groups is 1. The van der Waals surface area contributed by atoms with Crippen LogP contribution in [0.1, 0.15) is 11.3 Å². The number of rotatable bonds is 10. The molecule has 0 bridgehead atoms. The second-order valence-electron chi connectivity index (χ2n) is 6.28. The van der Waals surface area contributed by atoms with E-state index < -0.39 is 10.0 Å². The number of carbonyl (C=O) groups excluding carboxylic acids is 1. The van der Waals surface area contributed by atoms with Gasteiger partial charge in [-0.2, -0.15) is 0 Å². The van der Waals surface area contributed by atoms with Gasteiger partial charge in [-0.05, 0) is 17.7 Å². The van der Waals surface area contributed by atoms with E-state index in [0.29, 0.717) is 27.7 Å². The Kier molecular flexibility index (Phi) is 7.43. The molecule has 0 aliphatic heterocycles. The number of hydrogen-bond donors (Lipinski definition) is 2. The highest BCUT2D eigenvalue weighted by atomic mass is 32.2. The lowest BCUT2D eigenvalue weighted by molar-refractivity contribution is -0.113. The van der Waals surface area contributed by atoms with Crippen LogP contribution in [-0.2, 0) is 26.3 Å². The third kappa shape index (κ3) is 6.26. The Hall–Kier alpha value is -2.47. The summed E-state index contributed by atoms with van der Waals surface area (Å²) in [6.45, 7) is 3.66. The number of amides is 1. The lowest BCUT2D eigenvalue weighted by Crippen LogP contribution is -2.25. The van der Waals surface area contributed by atoms with Gasteiger partial charge in [-0.25, -0.2) is 18.1 Å². The van der Waals surface area contributed by atoms with Crippen molar-refractivity contribution in [2.24, 2.45) is 0 Å². The molecule has 0 unspecified atom stereocenters. The first-order valence-corrected chi connectivity index (χ1v) is 12.6. The molecule has 11 heteroatoms. The Labute approximate surface area is 182 Å². The summed E-state index contributed by atoms with van der Waals surface area (Å²) in [7, 11) is -3.43. The monoisotopic (exact) mass is 464 g/mol. The minimum atomic E-state index is -3.43. The van der Waals surface area contributed by atoms with Crippen LogP contribution in [-0.4, -0.2) is 36.0 Å². The SMILES string of the molecule is C=CCNS(=O)(=O)Cc1ccc(NC(=O)CSCc2cc(=O)n3ccsc3n2)cc1. The number of nitrogens with zero attached hydrogens (tertiary/aromatic N) is 2. The largest absolute Gasteiger partial charge is 0.325 e. The normalized spacial score (nSPS) is 11.5. The molecule has 3 rings (SSSR count). The summed E-state index contributed by atoms with van der Waals surface area (Å²) in [6.07, 6.45) is 3.15. The van der Waals surface area contributed by atoms with Gasteiger partial charge in [-0.1, -0.05) is 18.2 Å². The van der Waals surface area contributed by atoms with Crippen LogP contribution < -0.4 is 15.6 Å². The number of thioether (sulfide) groups is 1. The van der Waals surface area contributed by atoms with Crippen molar-refractivity contribution in [3.8, 4) is 0 Å². The number of hydrogen-bond acceptors (Lipinski definition) is 7. The van der Waals surface area contributed by atoms with Gasteiger partial charge in [-0.15, -0.1) is 29.7 Å². The van der Waals surface area contributed by atoms with Crippen LogP contribution >= 0.6 is 23.1 Å². The number of fused-ring (bicyclic) bond motifs is 1. The van der Waals surface area contributed by atoms with Crippen molar-refractivity contribution >= 4 is 49.7 Å². The molecule has 30 heavy (non-hydrogen) atoms. The van der Waals surface area contributed by atoms with Gasteiger partial charge < -0.3 is 5.32 Å². The van der Waals surface area contributed by atoms with Gasteiger partial charge in [0.2, 0.25) is 15.9 Å². The molecule has 1 amide bonds. The minimum Gasteiger partial charge on any atom is -0.325 e. The highest BCUT2D eigenvalue weighted by molar-refractivity contribution is 7.99. The van der Waals surface area contributed by atoms with Gasteiger partial charge >= 0.3 is 0 Å². The second-order valence-corrected chi connectivity index (χ2v) is 9.94. The summed E-state index contributed by atoms with van der Waals surface area (Å²) >= 11 is 2.74. The lowest BCUT2D eigenvalue weighted by Gasteiger charge is -2.08. The topological polar surface area (TPSA) is 110 Å². The van der Waals surface area contributed by atoms with E-state index in [9.17, 15) is 18.0 Å². The van der Waals surface area contributed by atoms with Gasteiger partial charge in [-0.3, -0.25) is 14.0 Å². The summed E-state index contributed by atoms with van der Waals surface area (Å²) in [6, 6.07) is 8.11. The zero-order valence-corrected chi connectivity index (χ0v) is 18.4. The molecule has 0 aliphatic carbocycles. The van der Waals surface area contributed by atoms with Gasteiger partial charge in [0.15, 0.2) is 4.96 Å². The molecule has 0 radical (unpaired) electrons. The van der Waals surface area contributed by atoms with Crippen molar-refractivity contribution in [2.45, 2.75) is 11.5 Å². The fraction of sp³-hybridized carbons (Fsp3) is 0.211. The van der Waals surface area contributed by atoms with Crippen molar-refractivity contribution in [1.82, 2.24) is 14.1 Å². The fourth-order valence-electron chi connectivity index (χ4n) is 2.55. The quantitative estimate of drug-likeness (QED) is 0.445. The van der Waals surface area contributed by atoms with E-state index in [1.807, 2.05) is 0 Å². The van der Waals surface area contributed by atoms with Crippen molar-refractivity contribution in [3.05, 3.63) is 76.2 Å². The van der Waals surface area contributed by atoms with Gasteiger partial charge in [0.25, 0.3) is 5.56 Å². The number of sulfonamides is 1. The standard InChI is InChI=1S/C19H20N4O4S3/c1-2-7-20-30(26,27)13-14-3-5-15(6-4-14)21-17(24)12-28-11-16-10-18(25)23-8-9-29-19(23)22-16/h2-6,8-10,20H,1,7,11-13H2,(H,21,24). The number of aromatic nitrogens is 2. The summed E-state index contributed by atoms with van der Waals surface area (Å²) in [5.74, 6) is 0.312. The molecular formula is C19H20N4O4S3. The molecule has 0 saturated carbocycles. The highest BCUT2D eigenvalue weighted by Crippen LogP contribution is 2.15. The van der Waals surface area contributed by atoms with Crippen LogP contribution in [0.4, 0.5) is 5.69 Å². The van der Waals surface area contributed by atoms with Crippen LogP contribution in [0.3, 0.4) is 0 Å². The molecule has 2 heterocycles. The molecule has 0 saturated heterocycles. The lowest BCUT2D eigenvalue weighted by atomic mass is 10.2. The van der Waals surface area contributed by atoms with E-state index in [-0.39, 0.29) is 29.5 Å². The predicted octanol–water partition coefficient (Wildman–Crippen LogP) is 2.23. The summed E-state index contributed by atoms with van der Waals surface area (Å²) in [4.78, 5) is 29.1. The van der Waals surface area contributed by atoms with E-state index >= 15 is 0 Å². The van der Waals surface area contributed by atoms with Gasteiger partial charge in [0.1, 0.15) is 0 Å². The average Bonchev–Trinajstić information content (AvgIpc) is 3.17. The smallest absolute Gasteiger partial charge is 0.258 e. The predicted molar refractivity (Wildman–Crippen MR) is 121 cm³/mol. The van der Waals surface area contributed by atoms with Crippen molar-refractivity contribution in [2.75, 3.05) is 17.6 Å². The number of benzene rings is 1. The molecule has 0 aliphatic rings. The van der Waals surface area contributed by atoms with E-state index in [1.54, 1.807) is 35.8 Å². The first kappa shape index (κ1) is 22.2. The molecule has 0 atom stereocenters. The van der Waals surface area contributed by atoms with Crippen molar-refractivity contribution < 1.29 is 13.2 Å². The third-order valence-corrected chi connectivity index (χ3v) is 6.92. The summed E-state index contributed by atoms with van der Waals surface area (Å²) in [5, 5.41) is 4.57. The molecule has 158 valence electrons. The Bertz CT molecular complexity index is 1200. The molecule has 0 spiro atoms. The Morgan fingerprint density at radius 1 is 1.30 bits per heavy atom. The molecule has 3 aromatic rings. The van der Waals surface area contributed by atoms with E-state index in [1.165, 1.54) is 39.6 Å². The maximum atomic E-state index is 12.1. The highest BCUT2D eigenvalue weighted by Gasteiger charge is 2.11. The summed E-state index contributed by atoms with van der Waals surface area (Å²) < 4.78 is 27.6. The number of anilines is 1. The number of nitrogens with one attached hydrogen (secondary N) is 2. The van der Waals surface area contributed by atoms with Gasteiger partial charge in [0.05, 0.1) is 17.2 Å². The first-order valence-electron chi connectivity index (χ1n) is 8.87. The fourth-order valence-corrected chi connectivity index (χ4v) is 5.11.